The van der Waals surface area contributed by atoms with Crippen molar-refractivity contribution in [2.45, 2.75) is 11.8 Å². The normalized spacial score (nSPS) is 11.6. The Labute approximate surface area is 142 Å². The Hall–Kier alpha value is -2.38. The Morgan fingerprint density at radius 3 is 2.33 bits per heavy atom. The molecule has 0 heterocycles. The Bertz CT molecular complexity index is 769. The number of methoxy groups -OCH3 is 1. The minimum atomic E-state index is -3.66. The summed E-state index contributed by atoms with van der Waals surface area (Å²) in [5, 5.41) is 3.79. The first kappa shape index (κ1) is 18.0. The van der Waals surface area contributed by atoms with E-state index in [0.29, 0.717) is 19.0 Å². The summed E-state index contributed by atoms with van der Waals surface area (Å²) in [4.78, 5) is 2.37. The van der Waals surface area contributed by atoms with Gasteiger partial charge in [-0.3, -0.25) is 0 Å². The fourth-order valence-corrected chi connectivity index (χ4v) is 2.62. The molecule has 0 aliphatic rings. The van der Waals surface area contributed by atoms with Crippen LogP contribution < -0.4 is 9.57 Å². The number of hydrogen-bond acceptors (Lipinski definition) is 5. The molecule has 0 aliphatic heterocycles. The van der Waals surface area contributed by atoms with E-state index in [2.05, 4.69) is 9.93 Å². The quantitative estimate of drug-likeness (QED) is 0.451. The van der Waals surface area contributed by atoms with Crippen molar-refractivity contribution < 1.29 is 17.9 Å². The largest absolute Gasteiger partial charge is 0.491 e. The molecular weight excluding hydrogens is 328 g/mol. The molecule has 0 atom stereocenters. The van der Waals surface area contributed by atoms with E-state index >= 15 is 0 Å². The maximum atomic E-state index is 12.1. The van der Waals surface area contributed by atoms with Crippen LogP contribution in [0.3, 0.4) is 0 Å². The molecule has 24 heavy (non-hydrogen) atoms. The van der Waals surface area contributed by atoms with Crippen LogP contribution in [0.4, 0.5) is 0 Å². The van der Waals surface area contributed by atoms with Crippen molar-refractivity contribution in [3.05, 3.63) is 59.7 Å². The fraction of sp³-hybridized carbons (Fsp3) is 0.235. The zero-order valence-corrected chi connectivity index (χ0v) is 14.4. The molecule has 2 aromatic carbocycles. The molecule has 0 radical (unpaired) electrons. The number of nitrogens with zero attached hydrogens (tertiary/aromatic N) is 1. The summed E-state index contributed by atoms with van der Waals surface area (Å²) in [6, 6.07) is 13.7. The predicted molar refractivity (Wildman–Crippen MR) is 92.9 cm³/mol. The number of rotatable bonds is 8. The molecular formula is C17H20N2O4S. The van der Waals surface area contributed by atoms with Crippen LogP contribution in [-0.4, -0.2) is 35.0 Å². The molecule has 0 unspecified atom stereocenters. The SMILES string of the molecule is COCCOc1ccc(/C=N\NS(=O)(=O)c2ccc(C)cc2)cc1. The minimum absolute atomic E-state index is 0.173. The van der Waals surface area contributed by atoms with Crippen molar-refractivity contribution in [2.24, 2.45) is 5.10 Å². The second kappa shape index (κ2) is 8.47. The molecule has 2 aromatic rings. The first-order valence-corrected chi connectivity index (χ1v) is 8.83. The Morgan fingerprint density at radius 1 is 1.04 bits per heavy atom. The molecule has 0 saturated carbocycles. The molecule has 0 aromatic heterocycles. The average Bonchev–Trinajstić information content (AvgIpc) is 2.57. The molecule has 128 valence electrons. The van der Waals surface area contributed by atoms with Gasteiger partial charge in [-0.05, 0) is 48.9 Å². The van der Waals surface area contributed by atoms with E-state index in [1.165, 1.54) is 6.21 Å². The van der Waals surface area contributed by atoms with Crippen molar-refractivity contribution >= 4 is 16.2 Å². The summed E-state index contributed by atoms with van der Waals surface area (Å²) in [5.74, 6) is 0.712. The van der Waals surface area contributed by atoms with Gasteiger partial charge < -0.3 is 9.47 Å². The van der Waals surface area contributed by atoms with Gasteiger partial charge in [0, 0.05) is 7.11 Å². The highest BCUT2D eigenvalue weighted by atomic mass is 32.2. The Kier molecular flexibility index (Phi) is 6.34. The lowest BCUT2D eigenvalue weighted by Crippen LogP contribution is -2.18. The monoisotopic (exact) mass is 348 g/mol. The third-order valence-electron chi connectivity index (χ3n) is 3.15. The molecule has 0 fully saturated rings. The summed E-state index contributed by atoms with van der Waals surface area (Å²) in [6.07, 6.45) is 1.44. The highest BCUT2D eigenvalue weighted by molar-refractivity contribution is 7.89. The second-order valence-electron chi connectivity index (χ2n) is 5.08. The zero-order chi connectivity index (χ0) is 17.4. The minimum Gasteiger partial charge on any atom is -0.491 e. The smallest absolute Gasteiger partial charge is 0.276 e. The molecule has 0 aliphatic carbocycles. The van der Waals surface area contributed by atoms with Crippen molar-refractivity contribution in [3.63, 3.8) is 0 Å². The van der Waals surface area contributed by atoms with Crippen molar-refractivity contribution in [2.75, 3.05) is 20.3 Å². The summed E-state index contributed by atoms with van der Waals surface area (Å²) in [5.41, 5.74) is 1.74. The Morgan fingerprint density at radius 2 is 1.71 bits per heavy atom. The average molecular weight is 348 g/mol. The van der Waals surface area contributed by atoms with Gasteiger partial charge in [-0.25, -0.2) is 4.83 Å². The highest BCUT2D eigenvalue weighted by Gasteiger charge is 2.11. The van der Waals surface area contributed by atoms with Crippen LogP contribution in [0.25, 0.3) is 0 Å². The first-order chi connectivity index (χ1) is 11.5. The third-order valence-corrected chi connectivity index (χ3v) is 4.39. The lowest BCUT2D eigenvalue weighted by Gasteiger charge is -2.05. The molecule has 0 bridgehead atoms. The van der Waals surface area contributed by atoms with E-state index in [1.807, 2.05) is 6.92 Å². The summed E-state index contributed by atoms with van der Waals surface area (Å²) in [7, 11) is -2.05. The molecule has 0 saturated heterocycles. The van der Waals surface area contributed by atoms with E-state index in [-0.39, 0.29) is 4.90 Å². The number of benzene rings is 2. The summed E-state index contributed by atoms with van der Waals surface area (Å²) in [6.45, 7) is 2.88. The highest BCUT2D eigenvalue weighted by Crippen LogP contribution is 2.12. The standard InChI is InChI=1S/C17H20N2O4S/c1-14-3-9-17(10-4-14)24(20,21)19-18-13-15-5-7-16(8-6-15)23-12-11-22-2/h3-10,13,19H,11-12H2,1-2H3/b18-13-. The first-order valence-electron chi connectivity index (χ1n) is 7.34. The topological polar surface area (TPSA) is 77.0 Å². The van der Waals surface area contributed by atoms with Crippen LogP contribution in [0.2, 0.25) is 0 Å². The van der Waals surface area contributed by atoms with Gasteiger partial charge in [-0.2, -0.15) is 13.5 Å². The molecule has 7 heteroatoms. The van der Waals surface area contributed by atoms with E-state index < -0.39 is 10.0 Å². The number of sulfonamides is 1. The summed E-state index contributed by atoms with van der Waals surface area (Å²) >= 11 is 0. The van der Waals surface area contributed by atoms with Gasteiger partial charge in [0.2, 0.25) is 0 Å². The zero-order valence-electron chi connectivity index (χ0n) is 13.6. The second-order valence-corrected chi connectivity index (χ2v) is 6.74. The number of aryl methyl sites for hydroxylation is 1. The number of hydrogen-bond donors (Lipinski definition) is 1. The number of hydrazone groups is 1. The van der Waals surface area contributed by atoms with Crippen LogP contribution in [0.5, 0.6) is 5.75 Å². The predicted octanol–water partition coefficient (Wildman–Crippen LogP) is 2.33. The van der Waals surface area contributed by atoms with Gasteiger partial charge in [-0.15, -0.1) is 0 Å². The van der Waals surface area contributed by atoms with Crippen LogP contribution in [0, 0.1) is 6.92 Å². The van der Waals surface area contributed by atoms with Gasteiger partial charge in [0.1, 0.15) is 12.4 Å². The van der Waals surface area contributed by atoms with Crippen LogP contribution in [0.1, 0.15) is 11.1 Å². The molecule has 0 spiro atoms. The molecule has 1 N–H and O–H groups in total. The summed E-state index contributed by atoms with van der Waals surface area (Å²) < 4.78 is 34.5. The molecule has 6 nitrogen and oxygen atoms in total. The molecule has 0 amide bonds. The third kappa shape index (κ3) is 5.36. The maximum absolute atomic E-state index is 12.1. The van der Waals surface area contributed by atoms with E-state index in [4.69, 9.17) is 9.47 Å². The maximum Gasteiger partial charge on any atom is 0.276 e. The van der Waals surface area contributed by atoms with E-state index in [1.54, 1.807) is 55.6 Å². The van der Waals surface area contributed by atoms with Crippen LogP contribution >= 0.6 is 0 Å². The Balaban J connectivity index is 1.94. The van der Waals surface area contributed by atoms with Crippen LogP contribution in [-0.2, 0) is 14.8 Å². The van der Waals surface area contributed by atoms with Crippen molar-refractivity contribution in [1.29, 1.82) is 0 Å². The van der Waals surface area contributed by atoms with Gasteiger partial charge in [0.25, 0.3) is 10.0 Å². The number of nitrogens with one attached hydrogen (secondary N) is 1. The number of ether oxygens (including phenoxy) is 2. The van der Waals surface area contributed by atoms with E-state index in [0.717, 1.165) is 11.1 Å². The van der Waals surface area contributed by atoms with Crippen LogP contribution in [0.15, 0.2) is 58.5 Å². The fourth-order valence-electron chi connectivity index (χ4n) is 1.83. The van der Waals surface area contributed by atoms with Gasteiger partial charge >= 0.3 is 0 Å². The van der Waals surface area contributed by atoms with Gasteiger partial charge in [0.15, 0.2) is 0 Å². The lowest BCUT2D eigenvalue weighted by atomic mass is 10.2. The van der Waals surface area contributed by atoms with E-state index in [9.17, 15) is 8.42 Å². The lowest BCUT2D eigenvalue weighted by molar-refractivity contribution is 0.146. The van der Waals surface area contributed by atoms with Gasteiger partial charge in [0.05, 0.1) is 17.7 Å². The van der Waals surface area contributed by atoms with Crippen molar-refractivity contribution in [1.82, 2.24) is 4.83 Å². The van der Waals surface area contributed by atoms with Gasteiger partial charge in [-0.1, -0.05) is 17.7 Å². The van der Waals surface area contributed by atoms with Crippen molar-refractivity contribution in [3.8, 4) is 5.75 Å². The molecule has 2 rings (SSSR count).